The van der Waals surface area contributed by atoms with Gasteiger partial charge in [-0.3, -0.25) is 4.98 Å². The Kier molecular flexibility index (Phi) is 7.50. The lowest BCUT2D eigenvalue weighted by Gasteiger charge is -2.35. The maximum absolute atomic E-state index is 13.7. The van der Waals surface area contributed by atoms with Crippen molar-refractivity contribution in [2.75, 3.05) is 4.90 Å². The zero-order valence-electron chi connectivity index (χ0n) is 21.7. The second-order valence-corrected chi connectivity index (χ2v) is 10.6. The zero-order valence-corrected chi connectivity index (χ0v) is 23.3. The first-order valence-electron chi connectivity index (χ1n) is 11.8. The number of hydrogen-bond acceptors (Lipinski definition) is 7. The van der Waals surface area contributed by atoms with E-state index in [0.717, 1.165) is 28.1 Å². The molecule has 0 aliphatic carbocycles. The largest absolute Gasteiger partial charge is 0.486 e. The number of aliphatic hydroxyl groups is 2. The minimum absolute atomic E-state index is 0.0560. The Morgan fingerprint density at radius 3 is 2.49 bits per heavy atom. The van der Waals surface area contributed by atoms with Gasteiger partial charge in [-0.25, -0.2) is 9.97 Å². The van der Waals surface area contributed by atoms with Gasteiger partial charge in [0, 0.05) is 18.0 Å². The van der Waals surface area contributed by atoms with Crippen LogP contribution in [0.4, 0.5) is 10.1 Å². The van der Waals surface area contributed by atoms with Crippen molar-refractivity contribution in [2.24, 2.45) is 0 Å². The molecule has 0 bridgehead atoms. The molecule has 0 radical (unpaired) electrons. The minimum atomic E-state index is -1.09. The topological polar surface area (TPSA) is 91.6 Å². The molecule has 0 saturated carbocycles. The van der Waals surface area contributed by atoms with Crippen LogP contribution in [0.1, 0.15) is 48.8 Å². The molecule has 2 N–H and O–H groups in total. The van der Waals surface area contributed by atoms with Gasteiger partial charge in [-0.1, -0.05) is 6.07 Å². The average molecular weight is 569 g/mol. The van der Waals surface area contributed by atoms with Crippen LogP contribution in [0.15, 0.2) is 58.5 Å². The van der Waals surface area contributed by atoms with E-state index in [0.29, 0.717) is 33.0 Å². The van der Waals surface area contributed by atoms with Gasteiger partial charge < -0.3 is 19.8 Å². The summed E-state index contributed by atoms with van der Waals surface area (Å²) in [5, 5.41) is 21.7. The number of rotatable bonds is 6. The maximum atomic E-state index is 13.7. The van der Waals surface area contributed by atoms with Gasteiger partial charge in [0.25, 0.3) is 0 Å². The molecule has 37 heavy (non-hydrogen) atoms. The summed E-state index contributed by atoms with van der Waals surface area (Å²) in [6, 6.07) is 8.71. The Morgan fingerprint density at radius 1 is 1.08 bits per heavy atom. The number of nitrogens with zero attached hydrogens (tertiary/aromatic N) is 4. The standard InChI is InChI=1S/C28H30BrFN4O3/c1-15-9-19(32-24(30)10-15)14-37-22-11-18(4)34(27(35)25(22)29)21-12-20(31-13-17(21)3)26-16(2)7-8-23(33-26)28(5,6)36/h7-13,27,35-36H,14H2,1-6H3. The minimum Gasteiger partial charge on any atom is -0.486 e. The van der Waals surface area contributed by atoms with Gasteiger partial charge in [0.2, 0.25) is 5.95 Å². The molecule has 0 amide bonds. The van der Waals surface area contributed by atoms with E-state index in [9.17, 15) is 14.6 Å². The van der Waals surface area contributed by atoms with Crippen molar-refractivity contribution in [1.82, 2.24) is 15.0 Å². The van der Waals surface area contributed by atoms with Crippen molar-refractivity contribution < 1.29 is 19.3 Å². The molecule has 4 heterocycles. The van der Waals surface area contributed by atoms with Crippen LogP contribution in [-0.4, -0.2) is 31.4 Å². The molecular weight excluding hydrogens is 539 g/mol. The highest BCUT2D eigenvalue weighted by atomic mass is 79.9. The first-order chi connectivity index (χ1) is 17.3. The molecular formula is C28H30BrFN4O3. The second-order valence-electron chi connectivity index (χ2n) is 9.77. The monoisotopic (exact) mass is 568 g/mol. The van der Waals surface area contributed by atoms with Gasteiger partial charge in [-0.15, -0.1) is 0 Å². The van der Waals surface area contributed by atoms with Crippen molar-refractivity contribution in [3.8, 4) is 11.4 Å². The SMILES string of the molecule is CC1=CC(OCc2cc(C)cc(F)n2)=C(Br)C(O)N1c1cc(-c2nc(C(C)(C)O)ccc2C)ncc1C. The number of hydrogen-bond donors (Lipinski definition) is 2. The molecule has 4 rings (SSSR count). The number of pyridine rings is 3. The lowest BCUT2D eigenvalue weighted by molar-refractivity contribution is 0.0739. The summed E-state index contributed by atoms with van der Waals surface area (Å²) >= 11 is 3.49. The van der Waals surface area contributed by atoms with Gasteiger partial charge in [0.1, 0.15) is 18.0 Å². The average Bonchev–Trinajstić information content (AvgIpc) is 2.81. The summed E-state index contributed by atoms with van der Waals surface area (Å²) < 4.78 is 20.0. The van der Waals surface area contributed by atoms with Crippen LogP contribution < -0.4 is 4.90 Å². The second kappa shape index (κ2) is 10.3. The van der Waals surface area contributed by atoms with E-state index < -0.39 is 17.8 Å². The van der Waals surface area contributed by atoms with Crippen molar-refractivity contribution in [2.45, 2.75) is 60.0 Å². The Labute approximate surface area is 224 Å². The first kappa shape index (κ1) is 26.9. The van der Waals surface area contributed by atoms with Gasteiger partial charge in [-0.2, -0.15) is 4.39 Å². The number of ether oxygens (including phenoxy) is 1. The van der Waals surface area contributed by atoms with Gasteiger partial charge in [0.05, 0.1) is 32.9 Å². The summed E-state index contributed by atoms with van der Waals surface area (Å²) in [5.41, 5.74) is 5.21. The molecule has 7 nitrogen and oxygen atoms in total. The Hall–Kier alpha value is -3.14. The van der Waals surface area contributed by atoms with Crippen LogP contribution in [0, 0.1) is 26.7 Å². The highest BCUT2D eigenvalue weighted by Crippen LogP contribution is 2.37. The molecule has 3 aromatic heterocycles. The molecule has 1 aliphatic rings. The molecule has 1 atom stereocenters. The van der Waals surface area contributed by atoms with Crippen LogP contribution in [-0.2, 0) is 16.9 Å². The lowest BCUT2D eigenvalue weighted by atomic mass is 10.0. The van der Waals surface area contributed by atoms with E-state index in [1.54, 1.807) is 50.1 Å². The molecule has 1 aliphatic heterocycles. The van der Waals surface area contributed by atoms with Crippen LogP contribution in [0.3, 0.4) is 0 Å². The van der Waals surface area contributed by atoms with Gasteiger partial charge >= 0.3 is 0 Å². The summed E-state index contributed by atoms with van der Waals surface area (Å²) in [6.45, 7) is 11.0. The van der Waals surface area contributed by atoms with E-state index in [2.05, 4.69) is 30.9 Å². The predicted molar refractivity (Wildman–Crippen MR) is 144 cm³/mol. The summed E-state index contributed by atoms with van der Waals surface area (Å²) in [7, 11) is 0. The van der Waals surface area contributed by atoms with Gasteiger partial charge in [0.15, 0.2) is 6.23 Å². The number of anilines is 1. The number of halogens is 2. The van der Waals surface area contributed by atoms with Crippen LogP contribution in [0.5, 0.6) is 0 Å². The van der Waals surface area contributed by atoms with E-state index in [1.165, 1.54) is 6.07 Å². The highest BCUT2D eigenvalue weighted by Gasteiger charge is 2.30. The van der Waals surface area contributed by atoms with Crippen LogP contribution >= 0.6 is 15.9 Å². The Bertz CT molecular complexity index is 1390. The molecule has 0 aromatic carbocycles. The fourth-order valence-electron chi connectivity index (χ4n) is 4.14. The zero-order chi connectivity index (χ0) is 27.1. The maximum Gasteiger partial charge on any atom is 0.213 e. The molecule has 194 valence electrons. The number of allylic oxidation sites excluding steroid dienone is 2. The smallest absolute Gasteiger partial charge is 0.213 e. The lowest BCUT2D eigenvalue weighted by Crippen LogP contribution is -2.37. The van der Waals surface area contributed by atoms with E-state index in [1.807, 2.05) is 32.9 Å². The third kappa shape index (κ3) is 5.74. The number of aryl methyl sites for hydroxylation is 3. The first-order valence-corrected chi connectivity index (χ1v) is 12.6. The summed E-state index contributed by atoms with van der Waals surface area (Å²) in [4.78, 5) is 14.9. The predicted octanol–water partition coefficient (Wildman–Crippen LogP) is 5.70. The Morgan fingerprint density at radius 2 is 1.81 bits per heavy atom. The highest BCUT2D eigenvalue weighted by molar-refractivity contribution is 9.11. The Balaban J connectivity index is 1.65. The van der Waals surface area contributed by atoms with Crippen molar-refractivity contribution >= 4 is 21.6 Å². The van der Waals surface area contributed by atoms with Crippen molar-refractivity contribution in [3.05, 3.63) is 92.6 Å². The quantitative estimate of drug-likeness (QED) is 0.369. The molecule has 3 aromatic rings. The van der Waals surface area contributed by atoms with Crippen LogP contribution in [0.2, 0.25) is 0 Å². The molecule has 0 fully saturated rings. The van der Waals surface area contributed by atoms with E-state index in [4.69, 9.17) is 4.74 Å². The fourth-order valence-corrected chi connectivity index (χ4v) is 4.58. The third-order valence-electron chi connectivity index (χ3n) is 6.09. The van der Waals surface area contributed by atoms with E-state index >= 15 is 0 Å². The summed E-state index contributed by atoms with van der Waals surface area (Å²) in [6.07, 6.45) is 2.48. The molecule has 9 heteroatoms. The third-order valence-corrected chi connectivity index (χ3v) is 6.89. The number of aromatic nitrogens is 3. The van der Waals surface area contributed by atoms with Crippen LogP contribution in [0.25, 0.3) is 11.4 Å². The molecule has 0 saturated heterocycles. The summed E-state index contributed by atoms with van der Waals surface area (Å²) in [5.74, 6) is -0.123. The molecule has 1 unspecified atom stereocenters. The normalized spacial score (nSPS) is 16.2. The van der Waals surface area contributed by atoms with Crippen molar-refractivity contribution in [3.63, 3.8) is 0 Å². The van der Waals surface area contributed by atoms with Crippen molar-refractivity contribution in [1.29, 1.82) is 0 Å². The van der Waals surface area contributed by atoms with Gasteiger partial charge in [-0.05, 0) is 98.4 Å². The molecule has 0 spiro atoms. The van der Waals surface area contributed by atoms with E-state index in [-0.39, 0.29) is 6.61 Å². The number of aliphatic hydroxyl groups excluding tert-OH is 1. The fraction of sp³-hybridized carbons (Fsp3) is 0.321.